The van der Waals surface area contributed by atoms with Gasteiger partial charge in [-0.25, -0.2) is 0 Å². The third kappa shape index (κ3) is 2.08. The molecule has 0 radical (unpaired) electrons. The number of halogens is 1. The van der Waals surface area contributed by atoms with Crippen molar-refractivity contribution in [3.05, 3.63) is 15.9 Å². The molecule has 1 rings (SSSR count). The van der Waals surface area contributed by atoms with Crippen LogP contribution in [0.2, 0.25) is 0 Å². The van der Waals surface area contributed by atoms with E-state index < -0.39 is 0 Å². The smallest absolute Gasteiger partial charge is 0.131 e. The monoisotopic (exact) mass is 231 g/mol. The zero-order chi connectivity index (χ0) is 9.14. The Morgan fingerprint density at radius 1 is 1.67 bits per heavy atom. The van der Waals surface area contributed by atoms with Gasteiger partial charge in [0.25, 0.3) is 0 Å². The Morgan fingerprint density at radius 2 is 2.33 bits per heavy atom. The van der Waals surface area contributed by atoms with Gasteiger partial charge in [-0.15, -0.1) is 0 Å². The van der Waals surface area contributed by atoms with Crippen LogP contribution in [0.4, 0.5) is 0 Å². The standard InChI is InChI=1S/C8H14BrN3/c1-5(4-10)3-7-6(2)8(9)12-11-7/h5H,3-4,10H2,1-2H3,(H,11,12). The van der Waals surface area contributed by atoms with Gasteiger partial charge in [0.15, 0.2) is 0 Å². The zero-order valence-electron chi connectivity index (χ0n) is 7.39. The lowest BCUT2D eigenvalue weighted by Crippen LogP contribution is -2.13. The molecule has 0 fully saturated rings. The van der Waals surface area contributed by atoms with E-state index in [2.05, 4.69) is 33.1 Å². The Bertz CT molecular complexity index is 257. The van der Waals surface area contributed by atoms with Gasteiger partial charge in [-0.1, -0.05) is 6.92 Å². The van der Waals surface area contributed by atoms with Crippen LogP contribution in [0.3, 0.4) is 0 Å². The van der Waals surface area contributed by atoms with E-state index in [0.717, 1.165) is 17.6 Å². The first-order chi connectivity index (χ1) is 5.65. The number of aromatic amines is 1. The summed E-state index contributed by atoms with van der Waals surface area (Å²) in [5.74, 6) is 0.510. The maximum atomic E-state index is 5.53. The first-order valence-electron chi connectivity index (χ1n) is 4.04. The number of hydrogen-bond donors (Lipinski definition) is 2. The van der Waals surface area contributed by atoms with Crippen molar-refractivity contribution in [3.63, 3.8) is 0 Å². The quantitative estimate of drug-likeness (QED) is 0.831. The third-order valence-electron chi connectivity index (χ3n) is 2.01. The molecule has 1 heterocycles. The summed E-state index contributed by atoms with van der Waals surface area (Å²) < 4.78 is 0.904. The van der Waals surface area contributed by atoms with Crippen molar-refractivity contribution in [1.82, 2.24) is 10.2 Å². The second-order valence-electron chi connectivity index (χ2n) is 3.16. The SMILES string of the molecule is Cc1c(Br)n[nH]c1CC(C)CN. The van der Waals surface area contributed by atoms with Crippen molar-refractivity contribution >= 4 is 15.9 Å². The summed E-state index contributed by atoms with van der Waals surface area (Å²) in [7, 11) is 0. The second kappa shape index (κ2) is 4.05. The van der Waals surface area contributed by atoms with Crippen LogP contribution >= 0.6 is 15.9 Å². The number of nitrogens with two attached hydrogens (primary N) is 1. The molecule has 0 bridgehead atoms. The third-order valence-corrected chi connectivity index (χ3v) is 2.78. The zero-order valence-corrected chi connectivity index (χ0v) is 8.98. The summed E-state index contributed by atoms with van der Waals surface area (Å²) in [6, 6.07) is 0. The summed E-state index contributed by atoms with van der Waals surface area (Å²) in [4.78, 5) is 0. The van der Waals surface area contributed by atoms with E-state index in [1.165, 1.54) is 11.3 Å². The Labute approximate surface area is 80.9 Å². The number of H-pyrrole nitrogens is 1. The van der Waals surface area contributed by atoms with Crippen molar-refractivity contribution in [2.45, 2.75) is 20.3 Å². The lowest BCUT2D eigenvalue weighted by atomic mass is 10.0. The molecule has 3 nitrogen and oxygen atoms in total. The molecule has 0 saturated carbocycles. The Balaban J connectivity index is 2.69. The van der Waals surface area contributed by atoms with E-state index in [-0.39, 0.29) is 0 Å². The van der Waals surface area contributed by atoms with Gasteiger partial charge in [0.1, 0.15) is 4.60 Å². The number of aromatic nitrogens is 2. The average Bonchev–Trinajstić information content (AvgIpc) is 2.36. The molecule has 3 N–H and O–H groups in total. The molecule has 12 heavy (non-hydrogen) atoms. The van der Waals surface area contributed by atoms with Gasteiger partial charge in [0, 0.05) is 11.3 Å². The minimum Gasteiger partial charge on any atom is -0.330 e. The molecule has 0 saturated heterocycles. The highest BCUT2D eigenvalue weighted by molar-refractivity contribution is 9.10. The Kier molecular flexibility index (Phi) is 3.29. The molecular weight excluding hydrogens is 218 g/mol. The minimum absolute atomic E-state index is 0.510. The fraction of sp³-hybridized carbons (Fsp3) is 0.625. The first-order valence-corrected chi connectivity index (χ1v) is 4.83. The van der Waals surface area contributed by atoms with Crippen LogP contribution in [0.25, 0.3) is 0 Å². The molecule has 1 unspecified atom stereocenters. The largest absolute Gasteiger partial charge is 0.330 e. The van der Waals surface area contributed by atoms with E-state index >= 15 is 0 Å². The molecule has 1 aromatic heterocycles. The normalized spacial score (nSPS) is 13.3. The van der Waals surface area contributed by atoms with Crippen LogP contribution in [0.5, 0.6) is 0 Å². The molecule has 0 amide bonds. The molecule has 4 heteroatoms. The Morgan fingerprint density at radius 3 is 2.75 bits per heavy atom. The van der Waals surface area contributed by atoms with E-state index in [1.807, 2.05) is 6.92 Å². The number of nitrogens with one attached hydrogen (secondary N) is 1. The lowest BCUT2D eigenvalue weighted by molar-refractivity contribution is 0.581. The fourth-order valence-corrected chi connectivity index (χ4v) is 1.37. The summed E-state index contributed by atoms with van der Waals surface area (Å²) in [5, 5.41) is 7.04. The van der Waals surface area contributed by atoms with Crippen LogP contribution in [0.15, 0.2) is 4.60 Å². The van der Waals surface area contributed by atoms with Crippen LogP contribution < -0.4 is 5.73 Å². The van der Waals surface area contributed by atoms with Gasteiger partial charge in [-0.3, -0.25) is 5.10 Å². The van der Waals surface area contributed by atoms with Gasteiger partial charge < -0.3 is 5.73 Å². The summed E-state index contributed by atoms with van der Waals surface area (Å²) in [6.07, 6.45) is 0.973. The number of hydrogen-bond acceptors (Lipinski definition) is 2. The summed E-state index contributed by atoms with van der Waals surface area (Å²) >= 11 is 3.35. The second-order valence-corrected chi connectivity index (χ2v) is 3.91. The van der Waals surface area contributed by atoms with Gasteiger partial charge in [-0.05, 0) is 41.7 Å². The molecule has 0 aromatic carbocycles. The van der Waals surface area contributed by atoms with Gasteiger partial charge in [0.05, 0.1) is 0 Å². The van der Waals surface area contributed by atoms with Gasteiger partial charge in [0.2, 0.25) is 0 Å². The van der Waals surface area contributed by atoms with Gasteiger partial charge >= 0.3 is 0 Å². The maximum absolute atomic E-state index is 5.53. The van der Waals surface area contributed by atoms with Gasteiger partial charge in [-0.2, -0.15) is 5.10 Å². The van der Waals surface area contributed by atoms with Crippen LogP contribution in [0, 0.1) is 12.8 Å². The number of nitrogens with zero attached hydrogens (tertiary/aromatic N) is 1. The molecule has 0 aliphatic rings. The van der Waals surface area contributed by atoms with E-state index in [9.17, 15) is 0 Å². The molecule has 1 aromatic rings. The van der Waals surface area contributed by atoms with E-state index in [0.29, 0.717) is 5.92 Å². The first kappa shape index (κ1) is 9.74. The van der Waals surface area contributed by atoms with E-state index in [4.69, 9.17) is 5.73 Å². The number of rotatable bonds is 3. The van der Waals surface area contributed by atoms with Crippen LogP contribution in [0.1, 0.15) is 18.2 Å². The molecular formula is C8H14BrN3. The highest BCUT2D eigenvalue weighted by Crippen LogP contribution is 2.17. The van der Waals surface area contributed by atoms with Crippen molar-refractivity contribution in [3.8, 4) is 0 Å². The predicted molar refractivity (Wildman–Crippen MR) is 52.9 cm³/mol. The molecule has 0 aliphatic carbocycles. The average molecular weight is 232 g/mol. The topological polar surface area (TPSA) is 54.7 Å². The highest BCUT2D eigenvalue weighted by atomic mass is 79.9. The molecule has 0 aliphatic heterocycles. The van der Waals surface area contributed by atoms with Crippen molar-refractivity contribution in [2.24, 2.45) is 11.7 Å². The minimum atomic E-state index is 0.510. The fourth-order valence-electron chi connectivity index (χ4n) is 1.04. The molecule has 68 valence electrons. The maximum Gasteiger partial charge on any atom is 0.131 e. The van der Waals surface area contributed by atoms with Crippen molar-refractivity contribution in [2.75, 3.05) is 6.54 Å². The molecule has 1 atom stereocenters. The van der Waals surface area contributed by atoms with Crippen molar-refractivity contribution in [1.29, 1.82) is 0 Å². The van der Waals surface area contributed by atoms with Crippen molar-refractivity contribution < 1.29 is 0 Å². The molecule has 0 spiro atoms. The van der Waals surface area contributed by atoms with E-state index in [1.54, 1.807) is 0 Å². The van der Waals surface area contributed by atoms with Crippen LogP contribution in [-0.4, -0.2) is 16.7 Å². The van der Waals surface area contributed by atoms with Crippen LogP contribution in [-0.2, 0) is 6.42 Å². The summed E-state index contributed by atoms with van der Waals surface area (Å²) in [6.45, 7) is 4.90. The summed E-state index contributed by atoms with van der Waals surface area (Å²) in [5.41, 5.74) is 7.90. The predicted octanol–water partition coefficient (Wildman–Crippen LogP) is 1.62. The lowest BCUT2D eigenvalue weighted by Gasteiger charge is -2.06. The highest BCUT2D eigenvalue weighted by Gasteiger charge is 2.08. The Hall–Kier alpha value is -0.350.